The third kappa shape index (κ3) is 4.22. The van der Waals surface area contributed by atoms with E-state index in [0.29, 0.717) is 66.9 Å². The molecular formula is C24H25N3O5. The zero-order chi connectivity index (χ0) is 22.7. The minimum Gasteiger partial charge on any atom is -0.494 e. The molecule has 2 aromatic rings. The van der Waals surface area contributed by atoms with Gasteiger partial charge in [-0.05, 0) is 36.8 Å². The highest BCUT2D eigenvalue weighted by Crippen LogP contribution is 2.36. The number of nitrogens with one attached hydrogen (secondary N) is 1. The molecule has 0 bridgehead atoms. The average Bonchev–Trinajstić information content (AvgIpc) is 3.05. The summed E-state index contributed by atoms with van der Waals surface area (Å²) in [5.74, 6) is -0.353. The van der Waals surface area contributed by atoms with E-state index in [4.69, 9.17) is 9.47 Å². The molecule has 0 saturated carbocycles. The van der Waals surface area contributed by atoms with Crippen LogP contribution in [0.1, 0.15) is 19.4 Å². The van der Waals surface area contributed by atoms with E-state index in [9.17, 15) is 14.4 Å². The number of imide groups is 1. The van der Waals surface area contributed by atoms with E-state index in [1.807, 2.05) is 11.8 Å². The van der Waals surface area contributed by atoms with Crippen molar-refractivity contribution in [3.8, 4) is 5.75 Å². The summed E-state index contributed by atoms with van der Waals surface area (Å²) in [6.07, 6.45) is 0. The summed E-state index contributed by atoms with van der Waals surface area (Å²) in [4.78, 5) is 41.6. The molecule has 166 valence electrons. The lowest BCUT2D eigenvalue weighted by Crippen LogP contribution is -2.40. The molecule has 2 aromatic carbocycles. The highest BCUT2D eigenvalue weighted by molar-refractivity contribution is 6.45. The van der Waals surface area contributed by atoms with E-state index in [1.54, 1.807) is 48.5 Å². The fraction of sp³-hybridized carbons (Fsp3) is 0.292. The summed E-state index contributed by atoms with van der Waals surface area (Å²) in [6.45, 7) is 5.80. The highest BCUT2D eigenvalue weighted by atomic mass is 16.5. The van der Waals surface area contributed by atoms with Crippen LogP contribution in [0, 0.1) is 0 Å². The van der Waals surface area contributed by atoms with Crippen LogP contribution in [-0.4, -0.2) is 55.5 Å². The van der Waals surface area contributed by atoms with Crippen LogP contribution in [0.5, 0.6) is 5.75 Å². The Labute approximate surface area is 186 Å². The molecule has 3 amide bonds. The Morgan fingerprint density at radius 2 is 1.78 bits per heavy atom. The summed E-state index contributed by atoms with van der Waals surface area (Å²) in [5, 5.41) is 2.71. The van der Waals surface area contributed by atoms with Crippen LogP contribution in [0.4, 0.5) is 11.4 Å². The molecule has 2 aliphatic rings. The normalized spacial score (nSPS) is 16.6. The third-order valence-corrected chi connectivity index (χ3v) is 5.27. The van der Waals surface area contributed by atoms with E-state index >= 15 is 0 Å². The van der Waals surface area contributed by atoms with E-state index in [1.165, 1.54) is 11.8 Å². The van der Waals surface area contributed by atoms with Gasteiger partial charge < -0.3 is 19.7 Å². The Morgan fingerprint density at radius 1 is 1.06 bits per heavy atom. The van der Waals surface area contributed by atoms with E-state index in [2.05, 4.69) is 5.32 Å². The minimum atomic E-state index is -0.391. The third-order valence-electron chi connectivity index (χ3n) is 5.27. The molecule has 4 rings (SSSR count). The van der Waals surface area contributed by atoms with E-state index in [-0.39, 0.29) is 11.8 Å². The Kier molecular flexibility index (Phi) is 6.23. The predicted octanol–water partition coefficient (Wildman–Crippen LogP) is 2.66. The van der Waals surface area contributed by atoms with Gasteiger partial charge in [-0.25, -0.2) is 4.90 Å². The molecule has 0 spiro atoms. The molecule has 0 atom stereocenters. The maximum atomic E-state index is 13.6. The first-order chi connectivity index (χ1) is 15.5. The Morgan fingerprint density at radius 3 is 2.44 bits per heavy atom. The van der Waals surface area contributed by atoms with Crippen LogP contribution in [-0.2, 0) is 19.1 Å². The van der Waals surface area contributed by atoms with Gasteiger partial charge in [-0.1, -0.05) is 18.2 Å². The largest absolute Gasteiger partial charge is 0.494 e. The van der Waals surface area contributed by atoms with Gasteiger partial charge in [-0.2, -0.15) is 0 Å². The molecule has 0 aliphatic carbocycles. The van der Waals surface area contributed by atoms with Gasteiger partial charge in [0, 0.05) is 31.8 Å². The SMILES string of the molecule is CCOc1cccc(N2C(=O)C(c3ccc(NC(C)=O)cc3)=C(N3CCOCC3)C2=O)c1. The zero-order valence-corrected chi connectivity index (χ0v) is 18.1. The molecular weight excluding hydrogens is 410 g/mol. The van der Waals surface area contributed by atoms with Crippen molar-refractivity contribution in [1.82, 2.24) is 4.90 Å². The summed E-state index contributed by atoms with van der Waals surface area (Å²) >= 11 is 0. The van der Waals surface area contributed by atoms with Gasteiger partial charge in [0.25, 0.3) is 11.8 Å². The van der Waals surface area contributed by atoms with Crippen molar-refractivity contribution < 1.29 is 23.9 Å². The van der Waals surface area contributed by atoms with Crippen molar-refractivity contribution >= 4 is 34.7 Å². The molecule has 8 nitrogen and oxygen atoms in total. The van der Waals surface area contributed by atoms with Crippen LogP contribution in [0.25, 0.3) is 5.57 Å². The Balaban J connectivity index is 1.75. The van der Waals surface area contributed by atoms with Crippen molar-refractivity contribution in [2.75, 3.05) is 43.1 Å². The molecule has 0 radical (unpaired) electrons. The average molecular weight is 435 g/mol. The number of nitrogens with zero attached hydrogens (tertiary/aromatic N) is 2. The molecule has 32 heavy (non-hydrogen) atoms. The van der Waals surface area contributed by atoms with Gasteiger partial charge in [-0.3, -0.25) is 14.4 Å². The van der Waals surface area contributed by atoms with Gasteiger partial charge in [0.1, 0.15) is 11.4 Å². The van der Waals surface area contributed by atoms with Crippen molar-refractivity contribution in [2.45, 2.75) is 13.8 Å². The number of hydrogen-bond acceptors (Lipinski definition) is 6. The lowest BCUT2D eigenvalue weighted by atomic mass is 10.0. The smallest absolute Gasteiger partial charge is 0.282 e. The molecule has 0 unspecified atom stereocenters. The van der Waals surface area contributed by atoms with Gasteiger partial charge in [0.15, 0.2) is 0 Å². The van der Waals surface area contributed by atoms with Crippen LogP contribution in [0.2, 0.25) is 0 Å². The monoisotopic (exact) mass is 435 g/mol. The van der Waals surface area contributed by atoms with Gasteiger partial charge in [0.2, 0.25) is 5.91 Å². The van der Waals surface area contributed by atoms with Crippen LogP contribution >= 0.6 is 0 Å². The number of rotatable bonds is 6. The second kappa shape index (κ2) is 9.23. The van der Waals surface area contributed by atoms with Crippen LogP contribution < -0.4 is 15.0 Å². The lowest BCUT2D eigenvalue weighted by Gasteiger charge is -2.29. The zero-order valence-electron chi connectivity index (χ0n) is 18.1. The predicted molar refractivity (Wildman–Crippen MR) is 120 cm³/mol. The molecule has 0 aromatic heterocycles. The second-order valence-corrected chi connectivity index (χ2v) is 7.46. The van der Waals surface area contributed by atoms with Crippen LogP contribution in [0.15, 0.2) is 54.2 Å². The van der Waals surface area contributed by atoms with E-state index in [0.717, 1.165) is 0 Å². The summed E-state index contributed by atoms with van der Waals surface area (Å²) in [7, 11) is 0. The Hall–Kier alpha value is -3.65. The standard InChI is InChI=1S/C24H25N3O5/c1-3-32-20-6-4-5-19(15-20)27-23(29)21(17-7-9-18(10-8-17)25-16(2)28)22(24(27)30)26-11-13-31-14-12-26/h4-10,15H,3,11-14H2,1-2H3,(H,25,28). The Bertz CT molecular complexity index is 1070. The molecule has 1 fully saturated rings. The topological polar surface area (TPSA) is 88.2 Å². The van der Waals surface area contributed by atoms with Crippen molar-refractivity contribution in [3.05, 3.63) is 59.8 Å². The summed E-state index contributed by atoms with van der Waals surface area (Å²) in [6, 6.07) is 13.9. The number of carbonyl (C=O) groups is 3. The fourth-order valence-corrected chi connectivity index (χ4v) is 3.90. The number of amides is 3. The summed E-state index contributed by atoms with van der Waals surface area (Å²) < 4.78 is 11.0. The van der Waals surface area contributed by atoms with Crippen molar-refractivity contribution in [3.63, 3.8) is 0 Å². The molecule has 8 heteroatoms. The maximum Gasteiger partial charge on any atom is 0.282 e. The fourth-order valence-electron chi connectivity index (χ4n) is 3.90. The number of carbonyl (C=O) groups excluding carboxylic acids is 3. The number of anilines is 2. The van der Waals surface area contributed by atoms with Gasteiger partial charge >= 0.3 is 0 Å². The highest BCUT2D eigenvalue weighted by Gasteiger charge is 2.42. The first kappa shape index (κ1) is 21.6. The number of ether oxygens (including phenoxy) is 2. The van der Waals surface area contributed by atoms with Crippen molar-refractivity contribution in [1.29, 1.82) is 0 Å². The van der Waals surface area contributed by atoms with Gasteiger partial charge in [0.05, 0.1) is 31.1 Å². The molecule has 1 saturated heterocycles. The summed E-state index contributed by atoms with van der Waals surface area (Å²) in [5.41, 5.74) is 2.40. The molecule has 1 N–H and O–H groups in total. The van der Waals surface area contributed by atoms with Gasteiger partial charge in [-0.15, -0.1) is 0 Å². The van der Waals surface area contributed by atoms with Crippen molar-refractivity contribution in [2.24, 2.45) is 0 Å². The lowest BCUT2D eigenvalue weighted by molar-refractivity contribution is -0.121. The van der Waals surface area contributed by atoms with E-state index < -0.39 is 5.91 Å². The van der Waals surface area contributed by atoms with Crippen LogP contribution in [0.3, 0.4) is 0 Å². The quantitative estimate of drug-likeness (QED) is 0.702. The number of morpholine rings is 1. The molecule has 2 heterocycles. The first-order valence-corrected chi connectivity index (χ1v) is 10.6. The second-order valence-electron chi connectivity index (χ2n) is 7.46. The minimum absolute atomic E-state index is 0.182. The molecule has 2 aliphatic heterocycles. The number of benzene rings is 2. The maximum absolute atomic E-state index is 13.6. The first-order valence-electron chi connectivity index (χ1n) is 10.6. The number of hydrogen-bond donors (Lipinski definition) is 1.